The highest BCUT2D eigenvalue weighted by Crippen LogP contribution is 2.33. The van der Waals surface area contributed by atoms with Crippen molar-refractivity contribution in [1.29, 1.82) is 0 Å². The Hall–Kier alpha value is -2.61. The molecular formula is C19H28N4O4. The zero-order valence-corrected chi connectivity index (χ0v) is 16.0. The van der Waals surface area contributed by atoms with Crippen LogP contribution in [0.3, 0.4) is 0 Å². The van der Waals surface area contributed by atoms with E-state index in [0.29, 0.717) is 29.5 Å². The predicted molar refractivity (Wildman–Crippen MR) is 104 cm³/mol. The number of nitrogens with zero attached hydrogens (tertiary/aromatic N) is 1. The smallest absolute Gasteiger partial charge is 0.271 e. The number of aliphatic imine (C=N–C) groups is 1. The van der Waals surface area contributed by atoms with Crippen LogP contribution in [-0.2, 0) is 9.59 Å². The Morgan fingerprint density at radius 2 is 2.07 bits per heavy atom. The van der Waals surface area contributed by atoms with E-state index in [9.17, 15) is 14.7 Å². The van der Waals surface area contributed by atoms with Crippen LogP contribution in [-0.4, -0.2) is 48.4 Å². The van der Waals surface area contributed by atoms with Gasteiger partial charge in [0.15, 0.2) is 0 Å². The standard InChI is InChI=1S/C19H28N4O4/c1-11-6-12(7-11)9-27-13-4-5-15(20)14(8-13)16(22-3)17(25)23-19(2,10-24)18(21)26/h4-5,8,11-12,24H,6-7,9-10,20H2,1-3H3,(H2,21,26)(H,23,25). The third kappa shape index (κ3) is 4.77. The van der Waals surface area contributed by atoms with Gasteiger partial charge < -0.3 is 26.6 Å². The summed E-state index contributed by atoms with van der Waals surface area (Å²) in [6, 6.07) is 5.04. The van der Waals surface area contributed by atoms with Gasteiger partial charge in [0.05, 0.1) is 13.2 Å². The molecule has 0 heterocycles. The molecule has 1 unspecified atom stereocenters. The monoisotopic (exact) mass is 376 g/mol. The summed E-state index contributed by atoms with van der Waals surface area (Å²) < 4.78 is 5.83. The van der Waals surface area contributed by atoms with Gasteiger partial charge in [-0.1, -0.05) is 6.92 Å². The zero-order chi connectivity index (χ0) is 20.2. The molecular weight excluding hydrogens is 348 g/mol. The minimum Gasteiger partial charge on any atom is -0.493 e. The lowest BCUT2D eigenvalue weighted by atomic mass is 9.77. The van der Waals surface area contributed by atoms with Gasteiger partial charge in [-0.25, -0.2) is 0 Å². The molecule has 1 atom stereocenters. The number of aliphatic hydroxyl groups is 1. The lowest BCUT2D eigenvalue weighted by Gasteiger charge is -2.32. The van der Waals surface area contributed by atoms with Crippen LogP contribution in [0.5, 0.6) is 5.75 Å². The van der Waals surface area contributed by atoms with E-state index in [1.807, 2.05) is 0 Å². The van der Waals surface area contributed by atoms with E-state index in [1.165, 1.54) is 14.0 Å². The van der Waals surface area contributed by atoms with Crippen molar-refractivity contribution in [3.8, 4) is 5.75 Å². The molecule has 1 aromatic carbocycles. The number of ether oxygens (including phenoxy) is 1. The van der Waals surface area contributed by atoms with Crippen molar-refractivity contribution in [2.24, 2.45) is 22.6 Å². The second-order valence-corrected chi connectivity index (χ2v) is 7.38. The van der Waals surface area contributed by atoms with E-state index < -0.39 is 24.0 Å². The number of benzene rings is 1. The summed E-state index contributed by atoms with van der Waals surface area (Å²) in [5.74, 6) is 0.365. The van der Waals surface area contributed by atoms with Gasteiger partial charge in [0.1, 0.15) is 17.0 Å². The van der Waals surface area contributed by atoms with Gasteiger partial charge in [-0.05, 0) is 49.8 Å². The molecule has 2 rings (SSSR count). The third-order valence-electron chi connectivity index (χ3n) is 4.93. The molecule has 1 aliphatic rings. The van der Waals surface area contributed by atoms with Crippen LogP contribution < -0.4 is 21.5 Å². The number of carbonyl (C=O) groups is 2. The predicted octanol–water partition coefficient (Wildman–Crippen LogP) is 0.465. The normalized spacial score (nSPS) is 21.7. The van der Waals surface area contributed by atoms with Crippen molar-refractivity contribution >= 4 is 23.2 Å². The second-order valence-electron chi connectivity index (χ2n) is 7.38. The highest BCUT2D eigenvalue weighted by Gasteiger charge is 2.34. The molecule has 1 aromatic rings. The van der Waals surface area contributed by atoms with Crippen molar-refractivity contribution in [2.45, 2.75) is 32.2 Å². The maximum atomic E-state index is 12.6. The number of aliphatic hydroxyl groups excluding tert-OH is 1. The second kappa shape index (κ2) is 8.39. The van der Waals surface area contributed by atoms with Crippen LogP contribution in [0.1, 0.15) is 32.3 Å². The molecule has 27 heavy (non-hydrogen) atoms. The first-order valence-corrected chi connectivity index (χ1v) is 8.93. The number of anilines is 1. The topological polar surface area (TPSA) is 140 Å². The third-order valence-corrected chi connectivity index (χ3v) is 4.93. The van der Waals surface area contributed by atoms with Crippen molar-refractivity contribution in [3.63, 3.8) is 0 Å². The van der Waals surface area contributed by atoms with Crippen LogP contribution >= 0.6 is 0 Å². The zero-order valence-electron chi connectivity index (χ0n) is 16.0. The molecule has 0 aliphatic heterocycles. The average molecular weight is 376 g/mol. The van der Waals surface area contributed by atoms with Gasteiger partial charge in [-0.15, -0.1) is 0 Å². The number of carbonyl (C=O) groups excluding carboxylic acids is 2. The summed E-state index contributed by atoms with van der Waals surface area (Å²) >= 11 is 0. The molecule has 0 radical (unpaired) electrons. The molecule has 1 saturated carbocycles. The van der Waals surface area contributed by atoms with E-state index in [4.69, 9.17) is 16.2 Å². The Balaban J connectivity index is 2.16. The van der Waals surface area contributed by atoms with Crippen LogP contribution in [0.4, 0.5) is 5.69 Å². The van der Waals surface area contributed by atoms with E-state index in [-0.39, 0.29) is 5.71 Å². The highest BCUT2D eigenvalue weighted by molar-refractivity contribution is 6.46. The van der Waals surface area contributed by atoms with E-state index in [1.54, 1.807) is 18.2 Å². The molecule has 0 bridgehead atoms. The van der Waals surface area contributed by atoms with Gasteiger partial charge >= 0.3 is 0 Å². The van der Waals surface area contributed by atoms with E-state index in [2.05, 4.69) is 17.2 Å². The number of hydrogen-bond donors (Lipinski definition) is 4. The van der Waals surface area contributed by atoms with E-state index >= 15 is 0 Å². The average Bonchev–Trinajstić information content (AvgIpc) is 2.60. The molecule has 6 N–H and O–H groups in total. The quantitative estimate of drug-likeness (QED) is 0.385. The molecule has 1 fully saturated rings. The van der Waals surface area contributed by atoms with Crippen molar-refractivity contribution < 1.29 is 19.4 Å². The molecule has 148 valence electrons. The summed E-state index contributed by atoms with van der Waals surface area (Å²) in [5.41, 5.74) is 10.4. The van der Waals surface area contributed by atoms with Crippen LogP contribution in [0, 0.1) is 11.8 Å². The fraction of sp³-hybridized carbons (Fsp3) is 0.526. The minimum absolute atomic E-state index is 0.0242. The number of hydrogen-bond acceptors (Lipinski definition) is 6. The number of amides is 2. The molecule has 8 nitrogen and oxygen atoms in total. The summed E-state index contributed by atoms with van der Waals surface area (Å²) in [5, 5.41) is 11.8. The number of primary amides is 1. The van der Waals surface area contributed by atoms with Gasteiger partial charge in [0.2, 0.25) is 5.91 Å². The lowest BCUT2D eigenvalue weighted by molar-refractivity contribution is -0.129. The van der Waals surface area contributed by atoms with Crippen LogP contribution in [0.25, 0.3) is 0 Å². The molecule has 2 amide bonds. The molecule has 0 saturated heterocycles. The molecule has 1 aliphatic carbocycles. The van der Waals surface area contributed by atoms with Crippen molar-refractivity contribution in [3.05, 3.63) is 23.8 Å². The first-order valence-electron chi connectivity index (χ1n) is 8.93. The SMILES string of the molecule is CN=C(C(=O)NC(C)(CO)C(N)=O)c1cc(OCC2CC(C)C2)ccc1N. The summed E-state index contributed by atoms with van der Waals surface area (Å²) in [6.45, 7) is 3.53. The van der Waals surface area contributed by atoms with E-state index in [0.717, 1.165) is 18.8 Å². The first kappa shape index (κ1) is 20.7. The molecule has 0 aromatic heterocycles. The van der Waals surface area contributed by atoms with Crippen LogP contribution in [0.15, 0.2) is 23.2 Å². The highest BCUT2D eigenvalue weighted by atomic mass is 16.5. The summed E-state index contributed by atoms with van der Waals surface area (Å²) in [4.78, 5) is 28.1. The van der Waals surface area contributed by atoms with Gasteiger partial charge in [0.25, 0.3) is 5.91 Å². The number of nitrogens with two attached hydrogens (primary N) is 2. The summed E-state index contributed by atoms with van der Waals surface area (Å²) in [6.07, 6.45) is 2.30. The van der Waals surface area contributed by atoms with Crippen molar-refractivity contribution in [2.75, 3.05) is 26.0 Å². The minimum atomic E-state index is -1.60. The molecule has 8 heteroatoms. The summed E-state index contributed by atoms with van der Waals surface area (Å²) in [7, 11) is 1.44. The Bertz CT molecular complexity index is 743. The Labute approximate surface area is 159 Å². The Morgan fingerprint density at radius 3 is 2.59 bits per heavy atom. The number of nitrogen functional groups attached to an aromatic ring is 1. The van der Waals surface area contributed by atoms with Gasteiger partial charge in [-0.3, -0.25) is 14.6 Å². The maximum absolute atomic E-state index is 12.6. The lowest BCUT2D eigenvalue weighted by Crippen LogP contribution is -2.59. The fourth-order valence-corrected chi connectivity index (χ4v) is 3.08. The Kier molecular flexibility index (Phi) is 6.43. The Morgan fingerprint density at radius 1 is 1.41 bits per heavy atom. The van der Waals surface area contributed by atoms with Crippen LogP contribution in [0.2, 0.25) is 0 Å². The number of nitrogens with one attached hydrogen (secondary N) is 1. The largest absolute Gasteiger partial charge is 0.493 e. The van der Waals surface area contributed by atoms with Gasteiger partial charge in [0, 0.05) is 18.3 Å². The fourth-order valence-electron chi connectivity index (χ4n) is 3.08. The first-order chi connectivity index (χ1) is 12.7. The van der Waals surface area contributed by atoms with Crippen molar-refractivity contribution in [1.82, 2.24) is 5.32 Å². The number of rotatable bonds is 8. The van der Waals surface area contributed by atoms with Gasteiger partial charge in [-0.2, -0.15) is 0 Å². The maximum Gasteiger partial charge on any atom is 0.271 e. The molecule has 0 spiro atoms.